The second kappa shape index (κ2) is 9.85. The molecule has 0 bridgehead atoms. The van der Waals surface area contributed by atoms with Gasteiger partial charge in [0, 0.05) is 11.4 Å². The molecule has 4 aromatic carbocycles. The third-order valence-corrected chi connectivity index (χ3v) is 4.29. The van der Waals surface area contributed by atoms with Crippen LogP contribution in [0.2, 0.25) is 0 Å². The van der Waals surface area contributed by atoms with Crippen LogP contribution in [0.15, 0.2) is 131 Å². The van der Waals surface area contributed by atoms with Gasteiger partial charge in [-0.2, -0.15) is 0 Å². The van der Waals surface area contributed by atoms with Crippen molar-refractivity contribution in [3.8, 4) is 0 Å². The molecular weight excluding hydrogens is 368 g/mol. The largest absolute Gasteiger partial charge is 0.337 e. The Morgan fingerprint density at radius 3 is 1.03 bits per heavy atom. The van der Waals surface area contributed by atoms with Crippen LogP contribution < -0.4 is 10.6 Å². The second-order valence-corrected chi connectivity index (χ2v) is 6.57. The van der Waals surface area contributed by atoms with E-state index in [0.717, 1.165) is 22.7 Å². The summed E-state index contributed by atoms with van der Waals surface area (Å²) in [6, 6.07) is 39.6. The third kappa shape index (κ3) is 5.42. The average molecular weight is 390 g/mol. The van der Waals surface area contributed by atoms with Crippen molar-refractivity contribution < 1.29 is 0 Å². The lowest BCUT2D eigenvalue weighted by Crippen LogP contribution is -2.29. The predicted molar refractivity (Wildman–Crippen MR) is 127 cm³/mol. The van der Waals surface area contributed by atoms with Gasteiger partial charge in [-0.15, -0.1) is 0 Å². The maximum absolute atomic E-state index is 4.86. The molecule has 0 amide bonds. The van der Waals surface area contributed by atoms with Crippen molar-refractivity contribution in [1.82, 2.24) is 0 Å². The summed E-state index contributed by atoms with van der Waals surface area (Å²) in [6.07, 6.45) is 0. The van der Waals surface area contributed by atoms with E-state index in [2.05, 4.69) is 10.6 Å². The van der Waals surface area contributed by atoms with Gasteiger partial charge in [0.25, 0.3) is 0 Å². The Hall–Kier alpha value is -4.18. The maximum atomic E-state index is 4.86. The Bertz CT molecular complexity index is 1010. The molecule has 0 fully saturated rings. The van der Waals surface area contributed by atoms with E-state index in [-0.39, 0.29) is 0 Å². The molecule has 0 atom stereocenters. The monoisotopic (exact) mass is 390 g/mol. The number of para-hydroxylation sites is 4. The third-order valence-electron chi connectivity index (χ3n) is 4.29. The van der Waals surface area contributed by atoms with Crippen LogP contribution in [0.3, 0.4) is 0 Å². The average Bonchev–Trinajstić information content (AvgIpc) is 2.81. The van der Waals surface area contributed by atoms with Crippen LogP contribution in [-0.2, 0) is 0 Å². The zero-order valence-corrected chi connectivity index (χ0v) is 16.4. The van der Waals surface area contributed by atoms with Crippen molar-refractivity contribution in [3.63, 3.8) is 0 Å². The lowest BCUT2D eigenvalue weighted by molar-refractivity contribution is 1.46. The molecule has 4 heteroatoms. The first-order chi connectivity index (χ1) is 14.9. The smallest absolute Gasteiger partial charge is 0.174 e. The van der Waals surface area contributed by atoms with E-state index in [9.17, 15) is 0 Å². The number of anilines is 2. The molecule has 0 unspecified atom stereocenters. The zero-order chi connectivity index (χ0) is 20.4. The summed E-state index contributed by atoms with van der Waals surface area (Å²) in [5, 5.41) is 6.85. The summed E-state index contributed by atoms with van der Waals surface area (Å²) in [4.78, 5) is 9.72. The van der Waals surface area contributed by atoms with Gasteiger partial charge in [0.15, 0.2) is 11.7 Å². The van der Waals surface area contributed by atoms with Gasteiger partial charge in [-0.3, -0.25) is 0 Å². The van der Waals surface area contributed by atoms with Crippen LogP contribution in [0.25, 0.3) is 0 Å². The van der Waals surface area contributed by atoms with Crippen LogP contribution in [-0.4, -0.2) is 11.7 Å². The van der Waals surface area contributed by atoms with Crippen LogP contribution >= 0.6 is 0 Å². The molecule has 0 saturated carbocycles. The molecule has 2 N–H and O–H groups in total. The van der Waals surface area contributed by atoms with Crippen LogP contribution in [0, 0.1) is 0 Å². The molecule has 4 rings (SSSR count). The number of amidine groups is 2. The van der Waals surface area contributed by atoms with Crippen molar-refractivity contribution in [3.05, 3.63) is 121 Å². The van der Waals surface area contributed by atoms with Gasteiger partial charge in [0.05, 0.1) is 11.4 Å². The summed E-state index contributed by atoms with van der Waals surface area (Å²) < 4.78 is 0. The van der Waals surface area contributed by atoms with Gasteiger partial charge in [-0.1, -0.05) is 72.8 Å². The van der Waals surface area contributed by atoms with Crippen molar-refractivity contribution in [2.75, 3.05) is 10.6 Å². The number of aliphatic imine (C=N–C) groups is 2. The van der Waals surface area contributed by atoms with Gasteiger partial charge < -0.3 is 10.6 Å². The molecule has 0 spiro atoms. The molecule has 0 aliphatic heterocycles. The number of nitrogens with one attached hydrogen (secondary N) is 2. The first kappa shape index (κ1) is 19.2. The standard InChI is InChI=1S/C26H22N4/c1-5-13-21(14-6-1)27-25(28-22-15-7-2-8-16-22)26(29-23-17-9-3-10-18-23)30-24-19-11-4-12-20-24/h1-20H,(H,27,28)(H,29,30). The lowest BCUT2D eigenvalue weighted by atomic mass is 10.2. The fourth-order valence-electron chi connectivity index (χ4n) is 2.86. The van der Waals surface area contributed by atoms with E-state index in [1.165, 1.54) is 0 Å². The van der Waals surface area contributed by atoms with E-state index in [1.807, 2.05) is 121 Å². The number of hydrogen-bond donors (Lipinski definition) is 2. The van der Waals surface area contributed by atoms with E-state index in [0.29, 0.717) is 11.7 Å². The molecule has 0 aliphatic carbocycles. The van der Waals surface area contributed by atoms with Crippen molar-refractivity contribution in [2.45, 2.75) is 0 Å². The maximum Gasteiger partial charge on any atom is 0.174 e. The van der Waals surface area contributed by atoms with Crippen LogP contribution in [0.5, 0.6) is 0 Å². The highest BCUT2D eigenvalue weighted by atomic mass is 15.1. The second-order valence-electron chi connectivity index (χ2n) is 6.57. The van der Waals surface area contributed by atoms with Crippen LogP contribution in [0.4, 0.5) is 22.7 Å². The van der Waals surface area contributed by atoms with Gasteiger partial charge >= 0.3 is 0 Å². The minimum Gasteiger partial charge on any atom is -0.337 e. The predicted octanol–water partition coefficient (Wildman–Crippen LogP) is 6.67. The summed E-state index contributed by atoms with van der Waals surface area (Å²) in [5.41, 5.74) is 3.55. The van der Waals surface area contributed by atoms with E-state index < -0.39 is 0 Å². The fourth-order valence-corrected chi connectivity index (χ4v) is 2.86. The molecular formula is C26H22N4. The first-order valence-corrected chi connectivity index (χ1v) is 9.79. The van der Waals surface area contributed by atoms with E-state index in [1.54, 1.807) is 0 Å². The molecule has 0 aliphatic rings. The highest BCUT2D eigenvalue weighted by Gasteiger charge is 2.12. The Labute approximate surface area is 176 Å². The summed E-state index contributed by atoms with van der Waals surface area (Å²) in [7, 11) is 0. The quantitative estimate of drug-likeness (QED) is 0.302. The minimum atomic E-state index is 0.625. The molecule has 30 heavy (non-hydrogen) atoms. The van der Waals surface area contributed by atoms with Crippen molar-refractivity contribution in [1.29, 1.82) is 0 Å². The molecule has 4 nitrogen and oxygen atoms in total. The SMILES string of the molecule is c1ccc(N=C(Nc2ccccc2)C(=Nc2ccccc2)Nc2ccccc2)cc1. The highest BCUT2D eigenvalue weighted by Crippen LogP contribution is 2.17. The Morgan fingerprint density at radius 1 is 0.400 bits per heavy atom. The molecule has 0 aromatic heterocycles. The molecule has 4 aromatic rings. The topological polar surface area (TPSA) is 48.8 Å². The number of hydrogen-bond acceptors (Lipinski definition) is 2. The molecule has 0 saturated heterocycles. The van der Waals surface area contributed by atoms with Crippen molar-refractivity contribution >= 4 is 34.4 Å². The minimum absolute atomic E-state index is 0.625. The Morgan fingerprint density at radius 2 is 0.700 bits per heavy atom. The summed E-state index contributed by atoms with van der Waals surface area (Å²) >= 11 is 0. The summed E-state index contributed by atoms with van der Waals surface area (Å²) in [5.74, 6) is 1.25. The highest BCUT2D eigenvalue weighted by molar-refractivity contribution is 6.49. The number of rotatable bonds is 4. The normalized spacial score (nSPS) is 11.7. The Kier molecular flexibility index (Phi) is 6.28. The van der Waals surface area contributed by atoms with E-state index >= 15 is 0 Å². The summed E-state index contributed by atoms with van der Waals surface area (Å²) in [6.45, 7) is 0. The lowest BCUT2D eigenvalue weighted by Gasteiger charge is -2.15. The van der Waals surface area contributed by atoms with Crippen LogP contribution in [0.1, 0.15) is 0 Å². The fraction of sp³-hybridized carbons (Fsp3) is 0. The van der Waals surface area contributed by atoms with Gasteiger partial charge in [-0.05, 0) is 48.5 Å². The zero-order valence-electron chi connectivity index (χ0n) is 16.4. The molecule has 0 heterocycles. The molecule has 146 valence electrons. The number of benzene rings is 4. The van der Waals surface area contributed by atoms with Gasteiger partial charge in [-0.25, -0.2) is 9.98 Å². The van der Waals surface area contributed by atoms with Gasteiger partial charge in [0.2, 0.25) is 0 Å². The van der Waals surface area contributed by atoms with Crippen molar-refractivity contribution in [2.24, 2.45) is 9.98 Å². The number of nitrogens with zero attached hydrogens (tertiary/aromatic N) is 2. The van der Waals surface area contributed by atoms with Gasteiger partial charge in [0.1, 0.15) is 0 Å². The van der Waals surface area contributed by atoms with E-state index in [4.69, 9.17) is 9.98 Å². The first-order valence-electron chi connectivity index (χ1n) is 9.79. The molecule has 0 radical (unpaired) electrons. The Balaban J connectivity index is 1.79.